The fourth-order valence-electron chi connectivity index (χ4n) is 1.21. The second kappa shape index (κ2) is 3.28. The number of guanidine groups is 1. The lowest BCUT2D eigenvalue weighted by atomic mass is 9.97. The van der Waals surface area contributed by atoms with Crippen LogP contribution < -0.4 is 11.5 Å². The number of ether oxygens (including phenoxy) is 1. The largest absolute Gasteiger partial charge is 0.385 e. The number of aliphatic imine (C=N–C) groups is 1. The second-order valence-corrected chi connectivity index (χ2v) is 3.11. The highest BCUT2D eigenvalue weighted by Gasteiger charge is 2.39. The van der Waals surface area contributed by atoms with Crippen molar-refractivity contribution in [3.63, 3.8) is 0 Å². The van der Waals surface area contributed by atoms with E-state index in [4.69, 9.17) is 16.2 Å². The fraction of sp³-hybridized carbons (Fsp3) is 0.857. The van der Waals surface area contributed by atoms with Gasteiger partial charge in [0.15, 0.2) is 5.96 Å². The molecule has 0 aromatic rings. The van der Waals surface area contributed by atoms with E-state index < -0.39 is 5.60 Å². The Labute approximate surface area is 71.4 Å². The van der Waals surface area contributed by atoms with Crippen molar-refractivity contribution >= 4 is 5.96 Å². The number of hydrogen-bond donors (Lipinski definition) is 3. The maximum atomic E-state index is 9.87. The molecule has 12 heavy (non-hydrogen) atoms. The van der Waals surface area contributed by atoms with Crippen LogP contribution in [0.1, 0.15) is 13.3 Å². The Morgan fingerprint density at radius 3 is 2.83 bits per heavy atom. The van der Waals surface area contributed by atoms with Crippen molar-refractivity contribution in [1.82, 2.24) is 0 Å². The summed E-state index contributed by atoms with van der Waals surface area (Å²) in [7, 11) is 0. The van der Waals surface area contributed by atoms with E-state index in [1.807, 2.05) is 6.92 Å². The zero-order valence-electron chi connectivity index (χ0n) is 7.16. The SMILES string of the molecule is CC1OCCC1(O)CN=C(N)N. The summed E-state index contributed by atoms with van der Waals surface area (Å²) in [5.41, 5.74) is 9.42. The molecule has 1 fully saturated rings. The van der Waals surface area contributed by atoms with Gasteiger partial charge in [-0.2, -0.15) is 0 Å². The molecule has 0 amide bonds. The summed E-state index contributed by atoms with van der Waals surface area (Å²) in [4.78, 5) is 3.77. The Bertz CT molecular complexity index is 191. The topological polar surface area (TPSA) is 93.9 Å². The summed E-state index contributed by atoms with van der Waals surface area (Å²) < 4.78 is 5.20. The first-order valence-electron chi connectivity index (χ1n) is 3.94. The Kier molecular flexibility index (Phi) is 2.54. The van der Waals surface area contributed by atoms with Crippen LogP contribution in [0.25, 0.3) is 0 Å². The van der Waals surface area contributed by atoms with E-state index in [2.05, 4.69) is 4.99 Å². The van der Waals surface area contributed by atoms with Crippen molar-refractivity contribution in [2.24, 2.45) is 16.5 Å². The minimum Gasteiger partial charge on any atom is -0.385 e. The number of rotatable bonds is 2. The van der Waals surface area contributed by atoms with Gasteiger partial charge in [0.2, 0.25) is 0 Å². The highest BCUT2D eigenvalue weighted by Crippen LogP contribution is 2.25. The molecule has 1 heterocycles. The van der Waals surface area contributed by atoms with Gasteiger partial charge >= 0.3 is 0 Å². The maximum absolute atomic E-state index is 9.87. The molecule has 0 spiro atoms. The number of aliphatic hydroxyl groups is 1. The number of hydrogen-bond acceptors (Lipinski definition) is 3. The molecule has 1 aliphatic rings. The van der Waals surface area contributed by atoms with Crippen LogP contribution in [0, 0.1) is 0 Å². The van der Waals surface area contributed by atoms with Crippen LogP contribution >= 0.6 is 0 Å². The van der Waals surface area contributed by atoms with Gasteiger partial charge in [-0.25, -0.2) is 0 Å². The van der Waals surface area contributed by atoms with Crippen LogP contribution in [0.15, 0.2) is 4.99 Å². The van der Waals surface area contributed by atoms with Gasteiger partial charge in [0.05, 0.1) is 12.6 Å². The van der Waals surface area contributed by atoms with E-state index >= 15 is 0 Å². The van der Waals surface area contributed by atoms with E-state index in [0.29, 0.717) is 13.0 Å². The second-order valence-electron chi connectivity index (χ2n) is 3.11. The predicted molar refractivity (Wildman–Crippen MR) is 45.7 cm³/mol. The van der Waals surface area contributed by atoms with Crippen LogP contribution in [0.3, 0.4) is 0 Å². The molecule has 0 saturated carbocycles. The van der Waals surface area contributed by atoms with E-state index in [-0.39, 0.29) is 18.6 Å². The molecular weight excluding hydrogens is 158 g/mol. The standard InChI is InChI=1S/C7H15N3O2/c1-5-7(11,2-3-12-5)4-10-6(8)9/h5,11H,2-4H2,1H3,(H4,8,9,10). The molecule has 2 unspecified atom stereocenters. The summed E-state index contributed by atoms with van der Waals surface area (Å²) in [5.74, 6) is 0.00234. The van der Waals surface area contributed by atoms with Gasteiger partial charge in [0, 0.05) is 13.0 Å². The van der Waals surface area contributed by atoms with Crippen LogP contribution in [-0.4, -0.2) is 35.9 Å². The molecule has 1 aliphatic heterocycles. The minimum atomic E-state index is -0.885. The molecule has 0 aliphatic carbocycles. The maximum Gasteiger partial charge on any atom is 0.186 e. The molecule has 5 N–H and O–H groups in total. The third kappa shape index (κ3) is 1.86. The highest BCUT2D eigenvalue weighted by atomic mass is 16.5. The van der Waals surface area contributed by atoms with E-state index in [1.54, 1.807) is 0 Å². The van der Waals surface area contributed by atoms with Crippen LogP contribution in [0.2, 0.25) is 0 Å². The van der Waals surface area contributed by atoms with Crippen molar-refractivity contribution in [3.8, 4) is 0 Å². The highest BCUT2D eigenvalue weighted by molar-refractivity contribution is 5.75. The Morgan fingerprint density at radius 2 is 2.42 bits per heavy atom. The van der Waals surface area contributed by atoms with Crippen LogP contribution in [0.4, 0.5) is 0 Å². The monoisotopic (exact) mass is 173 g/mol. The van der Waals surface area contributed by atoms with Crippen molar-refractivity contribution in [3.05, 3.63) is 0 Å². The molecule has 1 rings (SSSR count). The van der Waals surface area contributed by atoms with Gasteiger partial charge < -0.3 is 21.3 Å². The van der Waals surface area contributed by atoms with Gasteiger partial charge in [0.25, 0.3) is 0 Å². The van der Waals surface area contributed by atoms with E-state index in [9.17, 15) is 5.11 Å². The smallest absolute Gasteiger partial charge is 0.186 e. The third-order valence-electron chi connectivity index (χ3n) is 2.19. The van der Waals surface area contributed by atoms with Gasteiger partial charge in [-0.15, -0.1) is 0 Å². The molecule has 5 nitrogen and oxygen atoms in total. The summed E-state index contributed by atoms with van der Waals surface area (Å²) in [6.45, 7) is 2.60. The Morgan fingerprint density at radius 1 is 1.75 bits per heavy atom. The van der Waals surface area contributed by atoms with Crippen molar-refractivity contribution in [2.45, 2.75) is 25.0 Å². The molecule has 0 aromatic carbocycles. The molecular formula is C7H15N3O2. The lowest BCUT2D eigenvalue weighted by Crippen LogP contribution is -2.40. The molecule has 0 radical (unpaired) electrons. The first kappa shape index (κ1) is 9.28. The number of nitrogens with two attached hydrogens (primary N) is 2. The number of nitrogens with zero attached hydrogens (tertiary/aromatic N) is 1. The van der Waals surface area contributed by atoms with Crippen molar-refractivity contribution < 1.29 is 9.84 Å². The third-order valence-corrected chi connectivity index (χ3v) is 2.19. The summed E-state index contributed by atoms with van der Waals surface area (Å²) in [6.07, 6.45) is 0.394. The molecule has 0 bridgehead atoms. The lowest BCUT2D eigenvalue weighted by Gasteiger charge is -2.23. The molecule has 5 heteroatoms. The summed E-state index contributed by atoms with van der Waals surface area (Å²) in [5, 5.41) is 9.87. The zero-order chi connectivity index (χ0) is 9.19. The minimum absolute atomic E-state index is 0.00234. The Hall–Kier alpha value is -0.810. The lowest BCUT2D eigenvalue weighted by molar-refractivity contribution is -0.0201. The van der Waals surface area contributed by atoms with Gasteiger partial charge in [-0.3, -0.25) is 4.99 Å². The van der Waals surface area contributed by atoms with Gasteiger partial charge in [-0.05, 0) is 6.92 Å². The van der Waals surface area contributed by atoms with E-state index in [0.717, 1.165) is 0 Å². The van der Waals surface area contributed by atoms with Crippen molar-refractivity contribution in [2.75, 3.05) is 13.2 Å². The van der Waals surface area contributed by atoms with Crippen LogP contribution in [0.5, 0.6) is 0 Å². The average molecular weight is 173 g/mol. The molecule has 0 aromatic heterocycles. The first-order valence-corrected chi connectivity index (χ1v) is 3.94. The van der Waals surface area contributed by atoms with Gasteiger partial charge in [-0.1, -0.05) is 0 Å². The Balaban J connectivity index is 2.54. The molecule has 1 saturated heterocycles. The quantitative estimate of drug-likeness (QED) is 0.361. The fourth-order valence-corrected chi connectivity index (χ4v) is 1.21. The molecule has 70 valence electrons. The summed E-state index contributed by atoms with van der Waals surface area (Å²) in [6, 6.07) is 0. The van der Waals surface area contributed by atoms with Crippen LogP contribution in [-0.2, 0) is 4.74 Å². The van der Waals surface area contributed by atoms with E-state index in [1.165, 1.54) is 0 Å². The normalized spacial score (nSPS) is 35.0. The average Bonchev–Trinajstić information content (AvgIpc) is 2.30. The summed E-state index contributed by atoms with van der Waals surface area (Å²) >= 11 is 0. The van der Waals surface area contributed by atoms with Crippen molar-refractivity contribution in [1.29, 1.82) is 0 Å². The molecule has 2 atom stereocenters. The van der Waals surface area contributed by atoms with Gasteiger partial charge in [0.1, 0.15) is 5.60 Å². The zero-order valence-corrected chi connectivity index (χ0v) is 7.16. The predicted octanol–water partition coefficient (Wildman–Crippen LogP) is -1.20. The first-order chi connectivity index (χ1) is 5.54.